The van der Waals surface area contributed by atoms with Gasteiger partial charge in [-0.05, 0) is 37.5 Å². The summed E-state index contributed by atoms with van der Waals surface area (Å²) in [5, 5.41) is 38.9. The topological polar surface area (TPSA) is 118 Å². The second-order valence-corrected chi connectivity index (χ2v) is 5.53. The molecule has 1 aliphatic rings. The lowest BCUT2D eigenvalue weighted by Gasteiger charge is -2.33. The van der Waals surface area contributed by atoms with Crippen LogP contribution in [0, 0.1) is 17.8 Å². The highest BCUT2D eigenvalue weighted by Gasteiger charge is 2.28. The van der Waals surface area contributed by atoms with Gasteiger partial charge in [-0.3, -0.25) is 0 Å². The first-order valence-electron chi connectivity index (χ1n) is 7.56. The zero-order valence-corrected chi connectivity index (χ0v) is 14.3. The van der Waals surface area contributed by atoms with Crippen molar-refractivity contribution in [1.82, 2.24) is 0 Å². The van der Waals surface area contributed by atoms with E-state index in [0.29, 0.717) is 11.8 Å². The summed E-state index contributed by atoms with van der Waals surface area (Å²) in [4.78, 5) is 8.56. The van der Waals surface area contributed by atoms with E-state index in [1.165, 1.54) is 12.8 Å². The number of carboxylic acid groups (broad SMARTS) is 2. The molecule has 3 unspecified atom stereocenters. The van der Waals surface area contributed by atoms with E-state index in [9.17, 15) is 5.11 Å². The zero-order chi connectivity index (χ0) is 18.1. The third-order valence-corrected chi connectivity index (χ3v) is 3.09. The van der Waals surface area contributed by atoms with E-state index in [1.807, 2.05) is 6.92 Å². The maximum Gasteiger partial charge on any atom is 0.503 e. The quantitative estimate of drug-likeness (QED) is 0.499. The highest BCUT2D eigenvalue weighted by molar-refractivity contribution is 5.53. The van der Waals surface area contributed by atoms with Gasteiger partial charge in [-0.1, -0.05) is 33.3 Å². The predicted octanol–water partition coefficient (Wildman–Crippen LogP) is 2.83. The molecule has 1 saturated carbocycles. The summed E-state index contributed by atoms with van der Waals surface area (Å²) in [7, 11) is 0. The fraction of sp³-hybridized carbons (Fsp3) is 0.812. The summed E-state index contributed by atoms with van der Waals surface area (Å²) in [6.45, 7) is 11.7. The molecule has 1 aliphatic carbocycles. The fourth-order valence-electron chi connectivity index (χ4n) is 2.15. The smallest absolute Gasteiger partial charge is 0.450 e. The standard InChI is InChI=1S/C10H20O.C3H6.C2H6O2.CH2O3/c1-7(2)9-5-4-8(3)6-10(9)11;1-3-2;3-1-2-4;2-1(3)4/h7-11H,4-6H2,1-3H3;3H,1H2,2H3;3-4H,1-2H2;(H2,2,3,4). The van der Waals surface area contributed by atoms with Crippen LogP contribution < -0.4 is 0 Å². The predicted molar refractivity (Wildman–Crippen MR) is 88.0 cm³/mol. The molecule has 1 fully saturated rings. The first kappa shape index (κ1) is 25.8. The van der Waals surface area contributed by atoms with Crippen molar-refractivity contribution in [3.8, 4) is 0 Å². The van der Waals surface area contributed by atoms with Gasteiger partial charge >= 0.3 is 6.16 Å². The van der Waals surface area contributed by atoms with Crippen LogP contribution in [0.1, 0.15) is 47.0 Å². The number of hydrogen-bond donors (Lipinski definition) is 5. The van der Waals surface area contributed by atoms with Crippen LogP contribution in [0.25, 0.3) is 0 Å². The van der Waals surface area contributed by atoms with E-state index in [1.54, 1.807) is 6.08 Å². The molecule has 0 aliphatic heterocycles. The van der Waals surface area contributed by atoms with Crippen LogP contribution in [0.5, 0.6) is 0 Å². The molecule has 6 nitrogen and oxygen atoms in total. The second kappa shape index (κ2) is 17.9. The molecule has 134 valence electrons. The van der Waals surface area contributed by atoms with Gasteiger partial charge in [0.25, 0.3) is 0 Å². The largest absolute Gasteiger partial charge is 0.503 e. The molecular formula is C16H34O6. The number of hydrogen-bond acceptors (Lipinski definition) is 4. The van der Waals surface area contributed by atoms with E-state index in [2.05, 4.69) is 27.4 Å². The monoisotopic (exact) mass is 322 g/mol. The second-order valence-electron chi connectivity index (χ2n) is 5.53. The first-order valence-corrected chi connectivity index (χ1v) is 7.56. The molecule has 0 aromatic carbocycles. The summed E-state index contributed by atoms with van der Waals surface area (Å²) in [6.07, 6.45) is 3.43. The third-order valence-electron chi connectivity index (χ3n) is 3.09. The summed E-state index contributed by atoms with van der Waals surface area (Å²) in [5.41, 5.74) is 0. The summed E-state index contributed by atoms with van der Waals surface area (Å²) < 4.78 is 0. The van der Waals surface area contributed by atoms with Crippen LogP contribution >= 0.6 is 0 Å². The van der Waals surface area contributed by atoms with Gasteiger partial charge in [0, 0.05) is 0 Å². The van der Waals surface area contributed by atoms with Crippen LogP contribution in [0.3, 0.4) is 0 Å². The maximum atomic E-state index is 9.71. The zero-order valence-electron chi connectivity index (χ0n) is 14.3. The van der Waals surface area contributed by atoms with Gasteiger partial charge in [0.05, 0.1) is 19.3 Å². The van der Waals surface area contributed by atoms with Gasteiger partial charge in [-0.25, -0.2) is 4.79 Å². The third kappa shape index (κ3) is 21.2. The average molecular weight is 322 g/mol. The van der Waals surface area contributed by atoms with E-state index in [4.69, 9.17) is 25.2 Å². The molecule has 0 saturated heterocycles. The molecule has 0 aromatic rings. The van der Waals surface area contributed by atoms with Crippen LogP contribution in [0.2, 0.25) is 0 Å². The van der Waals surface area contributed by atoms with Crippen LogP contribution in [0.4, 0.5) is 4.79 Å². The van der Waals surface area contributed by atoms with E-state index in [-0.39, 0.29) is 19.3 Å². The molecular weight excluding hydrogens is 288 g/mol. The molecule has 0 bridgehead atoms. The highest BCUT2D eigenvalue weighted by Crippen LogP contribution is 2.33. The van der Waals surface area contributed by atoms with Crippen molar-refractivity contribution in [3.05, 3.63) is 12.7 Å². The lowest BCUT2D eigenvalue weighted by molar-refractivity contribution is 0.0266. The molecule has 1 rings (SSSR count). The van der Waals surface area contributed by atoms with Gasteiger partial charge in [0.1, 0.15) is 0 Å². The Bertz CT molecular complexity index is 249. The summed E-state index contributed by atoms with van der Waals surface area (Å²) in [5.74, 6) is 1.95. The lowest BCUT2D eigenvalue weighted by atomic mass is 9.75. The number of aliphatic hydroxyl groups excluding tert-OH is 3. The van der Waals surface area contributed by atoms with Gasteiger partial charge in [0.15, 0.2) is 0 Å². The molecule has 3 atom stereocenters. The minimum absolute atomic E-state index is 0.0289. The molecule has 22 heavy (non-hydrogen) atoms. The van der Waals surface area contributed by atoms with Crippen LogP contribution in [0.15, 0.2) is 12.7 Å². The van der Waals surface area contributed by atoms with Gasteiger partial charge in [-0.15, -0.1) is 6.58 Å². The minimum atomic E-state index is -1.83. The Morgan fingerprint density at radius 1 is 1.23 bits per heavy atom. The minimum Gasteiger partial charge on any atom is -0.450 e. The van der Waals surface area contributed by atoms with Crippen LogP contribution in [-0.4, -0.2) is 51.0 Å². The number of aliphatic hydroxyl groups is 3. The van der Waals surface area contributed by atoms with E-state index < -0.39 is 6.16 Å². The van der Waals surface area contributed by atoms with E-state index >= 15 is 0 Å². The molecule has 0 spiro atoms. The van der Waals surface area contributed by atoms with Gasteiger partial charge < -0.3 is 25.5 Å². The van der Waals surface area contributed by atoms with Crippen molar-refractivity contribution >= 4 is 6.16 Å². The Balaban J connectivity index is -0.000000273. The number of carbonyl (C=O) groups is 1. The number of rotatable bonds is 2. The van der Waals surface area contributed by atoms with Crippen molar-refractivity contribution in [2.45, 2.75) is 53.1 Å². The molecule has 0 amide bonds. The van der Waals surface area contributed by atoms with Gasteiger partial charge in [-0.2, -0.15) is 0 Å². The molecule has 0 heterocycles. The van der Waals surface area contributed by atoms with Crippen molar-refractivity contribution in [2.75, 3.05) is 13.2 Å². The lowest BCUT2D eigenvalue weighted by Crippen LogP contribution is -2.31. The molecule has 0 aromatic heterocycles. The maximum absolute atomic E-state index is 9.71. The average Bonchev–Trinajstić information content (AvgIpc) is 2.38. The normalized spacial score (nSPS) is 22.8. The van der Waals surface area contributed by atoms with Crippen molar-refractivity contribution in [1.29, 1.82) is 0 Å². The van der Waals surface area contributed by atoms with Crippen molar-refractivity contribution < 1.29 is 30.3 Å². The van der Waals surface area contributed by atoms with Crippen molar-refractivity contribution in [2.24, 2.45) is 17.8 Å². The van der Waals surface area contributed by atoms with Gasteiger partial charge in [0.2, 0.25) is 0 Å². The molecule has 6 heteroatoms. The van der Waals surface area contributed by atoms with Crippen molar-refractivity contribution in [3.63, 3.8) is 0 Å². The Hall–Kier alpha value is -1.11. The Kier molecular flexibility index (Phi) is 21.1. The first-order chi connectivity index (χ1) is 10.2. The number of allylic oxidation sites excluding steroid dienone is 1. The Labute approximate surface area is 134 Å². The van der Waals surface area contributed by atoms with Crippen LogP contribution in [-0.2, 0) is 0 Å². The SMILES string of the molecule is C=CC.CC1CCC(C(C)C)C(O)C1.O=C(O)O.OCCO. The molecule has 0 radical (unpaired) electrons. The fourth-order valence-corrected chi connectivity index (χ4v) is 2.15. The summed E-state index contributed by atoms with van der Waals surface area (Å²) in [6, 6.07) is 0. The highest BCUT2D eigenvalue weighted by atomic mass is 16.6. The Morgan fingerprint density at radius 2 is 1.59 bits per heavy atom. The summed E-state index contributed by atoms with van der Waals surface area (Å²) >= 11 is 0. The Morgan fingerprint density at radius 3 is 1.82 bits per heavy atom. The molecule has 5 N–H and O–H groups in total. The van der Waals surface area contributed by atoms with E-state index in [0.717, 1.165) is 12.3 Å².